The summed E-state index contributed by atoms with van der Waals surface area (Å²) in [6, 6.07) is 7.97. The van der Waals surface area contributed by atoms with Gasteiger partial charge in [-0.1, -0.05) is 6.07 Å². The Morgan fingerprint density at radius 2 is 2.18 bits per heavy atom. The zero-order valence-corrected chi connectivity index (χ0v) is 12.4. The molecule has 1 N–H and O–H groups in total. The highest BCUT2D eigenvalue weighted by atomic mass is 16.5. The number of H-pyrrole nitrogens is 1. The lowest BCUT2D eigenvalue weighted by atomic mass is 10.0. The standard InChI is InChI=1S/C17H19N3O2/c21-17(14-5-4-12-2-1-3-13(12)10-14)20-8-9-22-11-16(20)15-6-7-18-19-15/h4-7,10,16H,1-3,8-9,11H2,(H,18,19)/t16-/m0/s1. The number of ether oxygens (including phenoxy) is 1. The molecule has 1 aromatic heterocycles. The van der Waals surface area contributed by atoms with Gasteiger partial charge in [0.25, 0.3) is 5.91 Å². The van der Waals surface area contributed by atoms with E-state index in [-0.39, 0.29) is 11.9 Å². The average Bonchev–Trinajstić information content (AvgIpc) is 3.24. The molecule has 1 fully saturated rings. The third-order valence-corrected chi connectivity index (χ3v) is 4.62. The van der Waals surface area contributed by atoms with Crippen LogP contribution in [-0.2, 0) is 17.6 Å². The number of nitrogens with zero attached hydrogens (tertiary/aromatic N) is 2. The van der Waals surface area contributed by atoms with Crippen molar-refractivity contribution in [3.8, 4) is 0 Å². The molecule has 22 heavy (non-hydrogen) atoms. The van der Waals surface area contributed by atoms with Crippen LogP contribution in [0.15, 0.2) is 30.5 Å². The second-order valence-electron chi connectivity index (χ2n) is 5.94. The van der Waals surface area contributed by atoms with Gasteiger partial charge < -0.3 is 9.64 Å². The highest BCUT2D eigenvalue weighted by Gasteiger charge is 2.30. The molecule has 5 nitrogen and oxygen atoms in total. The van der Waals surface area contributed by atoms with Gasteiger partial charge in [-0.05, 0) is 48.6 Å². The van der Waals surface area contributed by atoms with Gasteiger partial charge in [-0.25, -0.2) is 0 Å². The summed E-state index contributed by atoms with van der Waals surface area (Å²) < 4.78 is 5.55. The van der Waals surface area contributed by atoms with Crippen molar-refractivity contribution in [2.75, 3.05) is 19.8 Å². The normalized spacial score (nSPS) is 20.9. The van der Waals surface area contributed by atoms with Gasteiger partial charge in [0.05, 0.1) is 24.9 Å². The fraction of sp³-hybridized carbons (Fsp3) is 0.412. The summed E-state index contributed by atoms with van der Waals surface area (Å²) in [5.74, 6) is 0.0811. The summed E-state index contributed by atoms with van der Waals surface area (Å²) in [6.07, 6.45) is 5.13. The first-order valence-electron chi connectivity index (χ1n) is 7.83. The third-order valence-electron chi connectivity index (χ3n) is 4.62. The first-order chi connectivity index (χ1) is 10.8. The largest absolute Gasteiger partial charge is 0.377 e. The molecule has 1 atom stereocenters. The molecule has 0 radical (unpaired) electrons. The zero-order valence-electron chi connectivity index (χ0n) is 12.4. The minimum absolute atomic E-state index is 0.0811. The number of rotatable bonds is 2. The van der Waals surface area contributed by atoms with E-state index >= 15 is 0 Å². The lowest BCUT2D eigenvalue weighted by Gasteiger charge is -2.35. The van der Waals surface area contributed by atoms with Crippen molar-refractivity contribution < 1.29 is 9.53 Å². The van der Waals surface area contributed by atoms with Crippen LogP contribution in [0.5, 0.6) is 0 Å². The van der Waals surface area contributed by atoms with E-state index in [4.69, 9.17) is 4.74 Å². The van der Waals surface area contributed by atoms with Crippen molar-refractivity contribution >= 4 is 5.91 Å². The van der Waals surface area contributed by atoms with Gasteiger partial charge in [-0.15, -0.1) is 0 Å². The molecular weight excluding hydrogens is 278 g/mol. The van der Waals surface area contributed by atoms with Crippen LogP contribution in [0.3, 0.4) is 0 Å². The monoisotopic (exact) mass is 297 g/mol. The number of amides is 1. The molecule has 2 aliphatic rings. The quantitative estimate of drug-likeness (QED) is 0.923. The molecule has 1 aromatic carbocycles. The smallest absolute Gasteiger partial charge is 0.254 e. The van der Waals surface area contributed by atoms with Crippen molar-refractivity contribution in [1.82, 2.24) is 15.1 Å². The Hall–Kier alpha value is -2.14. The van der Waals surface area contributed by atoms with E-state index < -0.39 is 0 Å². The Bertz CT molecular complexity index is 681. The third kappa shape index (κ3) is 2.31. The summed E-state index contributed by atoms with van der Waals surface area (Å²) in [4.78, 5) is 14.8. The summed E-state index contributed by atoms with van der Waals surface area (Å²) in [5.41, 5.74) is 4.43. The number of morpholine rings is 1. The van der Waals surface area contributed by atoms with Crippen molar-refractivity contribution in [3.63, 3.8) is 0 Å². The molecule has 0 bridgehead atoms. The van der Waals surface area contributed by atoms with Crippen LogP contribution in [0.4, 0.5) is 0 Å². The maximum absolute atomic E-state index is 12.9. The Labute approximate surface area is 129 Å². The van der Waals surface area contributed by atoms with Crippen LogP contribution in [0.25, 0.3) is 0 Å². The van der Waals surface area contributed by atoms with Gasteiger partial charge in [0.2, 0.25) is 0 Å². The highest BCUT2D eigenvalue weighted by Crippen LogP contribution is 2.27. The molecule has 2 heterocycles. The summed E-state index contributed by atoms with van der Waals surface area (Å²) in [5, 5.41) is 6.95. The Morgan fingerprint density at radius 1 is 1.27 bits per heavy atom. The Balaban J connectivity index is 1.62. The van der Waals surface area contributed by atoms with E-state index in [1.54, 1.807) is 6.20 Å². The first kappa shape index (κ1) is 13.5. The van der Waals surface area contributed by atoms with E-state index in [9.17, 15) is 4.79 Å². The van der Waals surface area contributed by atoms with Crippen LogP contribution in [-0.4, -0.2) is 40.8 Å². The molecule has 1 saturated heterocycles. The van der Waals surface area contributed by atoms with Crippen LogP contribution >= 0.6 is 0 Å². The number of nitrogens with one attached hydrogen (secondary N) is 1. The molecule has 4 rings (SSSR count). The summed E-state index contributed by atoms with van der Waals surface area (Å²) in [6.45, 7) is 1.71. The van der Waals surface area contributed by atoms with Crippen molar-refractivity contribution in [2.45, 2.75) is 25.3 Å². The minimum atomic E-state index is -0.0861. The van der Waals surface area contributed by atoms with Gasteiger partial charge in [0, 0.05) is 18.3 Å². The zero-order chi connectivity index (χ0) is 14.9. The van der Waals surface area contributed by atoms with Crippen molar-refractivity contribution in [1.29, 1.82) is 0 Å². The number of aryl methyl sites for hydroxylation is 2. The van der Waals surface area contributed by atoms with Gasteiger partial charge in [-0.2, -0.15) is 5.10 Å². The van der Waals surface area contributed by atoms with E-state index in [0.29, 0.717) is 19.8 Å². The minimum Gasteiger partial charge on any atom is -0.377 e. The van der Waals surface area contributed by atoms with E-state index in [0.717, 1.165) is 24.1 Å². The molecule has 0 unspecified atom stereocenters. The summed E-state index contributed by atoms with van der Waals surface area (Å²) in [7, 11) is 0. The molecule has 1 aliphatic carbocycles. The molecule has 5 heteroatoms. The first-order valence-corrected chi connectivity index (χ1v) is 7.83. The fourth-order valence-corrected chi connectivity index (χ4v) is 3.43. The number of aromatic amines is 1. The van der Waals surface area contributed by atoms with Crippen molar-refractivity contribution in [3.05, 3.63) is 52.8 Å². The number of benzene rings is 1. The Morgan fingerprint density at radius 3 is 3.05 bits per heavy atom. The van der Waals surface area contributed by atoms with E-state index in [1.165, 1.54) is 17.5 Å². The van der Waals surface area contributed by atoms with E-state index in [2.05, 4.69) is 22.3 Å². The second kappa shape index (κ2) is 5.57. The maximum Gasteiger partial charge on any atom is 0.254 e. The predicted octanol–water partition coefficient (Wildman–Crippen LogP) is 2.11. The number of hydrogen-bond donors (Lipinski definition) is 1. The number of fused-ring (bicyclic) bond motifs is 1. The van der Waals surface area contributed by atoms with Crippen molar-refractivity contribution in [2.24, 2.45) is 0 Å². The van der Waals surface area contributed by atoms with Gasteiger partial charge in [-0.3, -0.25) is 9.89 Å². The molecular formula is C17H19N3O2. The predicted molar refractivity (Wildman–Crippen MR) is 81.7 cm³/mol. The SMILES string of the molecule is O=C(c1ccc2c(c1)CCC2)N1CCOC[C@H]1c1ccn[nH]1. The molecule has 1 amide bonds. The number of hydrogen-bond acceptors (Lipinski definition) is 3. The van der Waals surface area contributed by atoms with Gasteiger partial charge >= 0.3 is 0 Å². The lowest BCUT2D eigenvalue weighted by Crippen LogP contribution is -2.43. The fourth-order valence-electron chi connectivity index (χ4n) is 3.43. The topological polar surface area (TPSA) is 58.2 Å². The molecule has 0 spiro atoms. The van der Waals surface area contributed by atoms with Gasteiger partial charge in [0.1, 0.15) is 0 Å². The maximum atomic E-state index is 12.9. The van der Waals surface area contributed by atoms with E-state index in [1.807, 2.05) is 17.0 Å². The summed E-state index contributed by atoms with van der Waals surface area (Å²) >= 11 is 0. The van der Waals surface area contributed by atoms with Crippen LogP contribution in [0.2, 0.25) is 0 Å². The molecule has 1 aliphatic heterocycles. The second-order valence-corrected chi connectivity index (χ2v) is 5.94. The Kier molecular flexibility index (Phi) is 3.42. The average molecular weight is 297 g/mol. The van der Waals surface area contributed by atoms with Gasteiger partial charge in [0.15, 0.2) is 0 Å². The van der Waals surface area contributed by atoms with Crippen LogP contribution in [0.1, 0.15) is 39.6 Å². The lowest BCUT2D eigenvalue weighted by molar-refractivity contribution is -0.00391. The molecule has 0 saturated carbocycles. The number of aromatic nitrogens is 2. The number of carbonyl (C=O) groups is 1. The van der Waals surface area contributed by atoms with Crippen LogP contribution in [0, 0.1) is 0 Å². The van der Waals surface area contributed by atoms with Crippen LogP contribution < -0.4 is 0 Å². The molecule has 114 valence electrons. The molecule has 2 aromatic rings. The number of carbonyl (C=O) groups excluding carboxylic acids is 1. The highest BCUT2D eigenvalue weighted by molar-refractivity contribution is 5.95.